The molecule has 3 heterocycles. The molecule has 0 bridgehead atoms. The number of aromatic nitrogens is 2. The standard InChI is InChI=1S/C19H20BrN3O2/c1-22-15-12-23(11-13-5-3-4-6-16(13)24-2)10-9-14(15)21-19(22)17-7-8-18(20)25-17/h3-8H,9-12H2,1-2H3. The fourth-order valence-corrected chi connectivity index (χ4v) is 3.71. The Morgan fingerprint density at radius 2 is 2.08 bits per heavy atom. The highest BCUT2D eigenvalue weighted by Gasteiger charge is 2.24. The van der Waals surface area contributed by atoms with E-state index in [1.165, 1.54) is 17.0 Å². The van der Waals surface area contributed by atoms with Crippen LogP contribution in [0.5, 0.6) is 5.75 Å². The summed E-state index contributed by atoms with van der Waals surface area (Å²) >= 11 is 3.36. The molecule has 0 spiro atoms. The van der Waals surface area contributed by atoms with E-state index in [-0.39, 0.29) is 0 Å². The summed E-state index contributed by atoms with van der Waals surface area (Å²) in [6.07, 6.45) is 0.945. The van der Waals surface area contributed by atoms with Crippen molar-refractivity contribution in [3.8, 4) is 17.3 Å². The van der Waals surface area contributed by atoms with Gasteiger partial charge in [-0.15, -0.1) is 0 Å². The van der Waals surface area contributed by atoms with Crippen LogP contribution in [0.2, 0.25) is 0 Å². The number of benzene rings is 1. The monoisotopic (exact) mass is 401 g/mol. The fraction of sp³-hybridized carbons (Fsp3) is 0.316. The number of halogens is 1. The largest absolute Gasteiger partial charge is 0.496 e. The van der Waals surface area contributed by atoms with Crippen LogP contribution in [0, 0.1) is 0 Å². The molecule has 25 heavy (non-hydrogen) atoms. The summed E-state index contributed by atoms with van der Waals surface area (Å²) in [5.41, 5.74) is 3.63. The molecule has 130 valence electrons. The first-order valence-electron chi connectivity index (χ1n) is 8.30. The van der Waals surface area contributed by atoms with Crippen molar-refractivity contribution in [2.75, 3.05) is 13.7 Å². The molecule has 0 atom stereocenters. The third-order valence-corrected chi connectivity index (χ3v) is 5.14. The lowest BCUT2D eigenvalue weighted by Crippen LogP contribution is -2.31. The summed E-state index contributed by atoms with van der Waals surface area (Å²) < 4.78 is 14.0. The van der Waals surface area contributed by atoms with Crippen LogP contribution in [0.1, 0.15) is 17.0 Å². The molecule has 1 aliphatic rings. The van der Waals surface area contributed by atoms with Gasteiger partial charge in [0.15, 0.2) is 16.3 Å². The topological polar surface area (TPSA) is 43.4 Å². The third kappa shape index (κ3) is 3.12. The second kappa shape index (κ2) is 6.69. The highest BCUT2D eigenvalue weighted by molar-refractivity contribution is 9.10. The van der Waals surface area contributed by atoms with E-state index in [1.807, 2.05) is 24.3 Å². The Morgan fingerprint density at radius 1 is 1.24 bits per heavy atom. The molecule has 0 radical (unpaired) electrons. The average molecular weight is 402 g/mol. The van der Waals surface area contributed by atoms with Crippen molar-refractivity contribution < 1.29 is 9.15 Å². The van der Waals surface area contributed by atoms with Crippen molar-refractivity contribution in [3.05, 3.63) is 58.0 Å². The molecule has 0 unspecified atom stereocenters. The van der Waals surface area contributed by atoms with Gasteiger partial charge in [-0.2, -0.15) is 0 Å². The van der Waals surface area contributed by atoms with Crippen LogP contribution in [0.3, 0.4) is 0 Å². The minimum absolute atomic E-state index is 0.723. The second-order valence-electron chi connectivity index (χ2n) is 6.26. The summed E-state index contributed by atoms with van der Waals surface area (Å²) in [5.74, 6) is 2.62. The SMILES string of the molecule is COc1ccccc1CN1CCc2nc(-c3ccc(Br)o3)n(C)c2C1. The molecule has 0 fully saturated rings. The van der Waals surface area contributed by atoms with Crippen molar-refractivity contribution in [1.29, 1.82) is 0 Å². The highest BCUT2D eigenvalue weighted by atomic mass is 79.9. The maximum Gasteiger partial charge on any atom is 0.176 e. The van der Waals surface area contributed by atoms with Gasteiger partial charge >= 0.3 is 0 Å². The molecule has 1 aromatic carbocycles. The van der Waals surface area contributed by atoms with Crippen molar-refractivity contribution in [2.45, 2.75) is 19.5 Å². The number of para-hydroxylation sites is 1. The smallest absolute Gasteiger partial charge is 0.176 e. The number of fused-ring (bicyclic) bond motifs is 1. The van der Waals surface area contributed by atoms with Crippen LogP contribution >= 0.6 is 15.9 Å². The quantitative estimate of drug-likeness (QED) is 0.662. The van der Waals surface area contributed by atoms with Gasteiger partial charge in [0.2, 0.25) is 0 Å². The molecule has 0 aliphatic carbocycles. The lowest BCUT2D eigenvalue weighted by atomic mass is 10.1. The van der Waals surface area contributed by atoms with Crippen LogP contribution in [-0.4, -0.2) is 28.1 Å². The molecule has 0 amide bonds. The van der Waals surface area contributed by atoms with E-state index in [0.29, 0.717) is 0 Å². The van der Waals surface area contributed by atoms with E-state index >= 15 is 0 Å². The maximum atomic E-state index is 5.68. The third-order valence-electron chi connectivity index (χ3n) is 4.71. The van der Waals surface area contributed by atoms with E-state index in [9.17, 15) is 0 Å². The summed E-state index contributed by atoms with van der Waals surface area (Å²) in [4.78, 5) is 7.24. The minimum Gasteiger partial charge on any atom is -0.496 e. The lowest BCUT2D eigenvalue weighted by Gasteiger charge is -2.27. The van der Waals surface area contributed by atoms with Crippen LogP contribution in [0.15, 0.2) is 45.5 Å². The number of furan rings is 1. The predicted octanol–water partition coefficient (Wildman–Crippen LogP) is 4.01. The molecule has 3 aromatic rings. The Balaban J connectivity index is 1.58. The molecule has 4 rings (SSSR count). The number of nitrogens with zero attached hydrogens (tertiary/aromatic N) is 3. The Morgan fingerprint density at radius 3 is 2.84 bits per heavy atom. The molecule has 0 saturated carbocycles. The summed E-state index contributed by atoms with van der Waals surface area (Å²) in [6.45, 7) is 2.73. The number of imidazole rings is 1. The van der Waals surface area contributed by atoms with E-state index < -0.39 is 0 Å². The van der Waals surface area contributed by atoms with Gasteiger partial charge in [-0.3, -0.25) is 4.90 Å². The van der Waals surface area contributed by atoms with E-state index in [0.717, 1.165) is 48.1 Å². The van der Waals surface area contributed by atoms with Crippen LogP contribution < -0.4 is 4.74 Å². The van der Waals surface area contributed by atoms with Crippen molar-refractivity contribution in [1.82, 2.24) is 14.5 Å². The highest BCUT2D eigenvalue weighted by Crippen LogP contribution is 2.29. The first-order chi connectivity index (χ1) is 12.2. The van der Waals surface area contributed by atoms with E-state index in [2.05, 4.69) is 44.6 Å². The molecule has 0 saturated heterocycles. The zero-order chi connectivity index (χ0) is 17.4. The minimum atomic E-state index is 0.723. The zero-order valence-corrected chi connectivity index (χ0v) is 15.9. The Bertz CT molecular complexity index is 900. The molecular formula is C19H20BrN3O2. The zero-order valence-electron chi connectivity index (χ0n) is 14.3. The van der Waals surface area contributed by atoms with Crippen molar-refractivity contribution >= 4 is 15.9 Å². The molecule has 5 nitrogen and oxygen atoms in total. The summed E-state index contributed by atoms with van der Waals surface area (Å²) in [5, 5.41) is 0. The normalized spacial score (nSPS) is 14.5. The van der Waals surface area contributed by atoms with Gasteiger partial charge in [-0.25, -0.2) is 4.98 Å². The number of ether oxygens (including phenoxy) is 1. The predicted molar refractivity (Wildman–Crippen MR) is 99.4 cm³/mol. The van der Waals surface area contributed by atoms with Crippen molar-refractivity contribution in [3.63, 3.8) is 0 Å². The molecular weight excluding hydrogens is 382 g/mol. The van der Waals surface area contributed by atoms with Gasteiger partial charge in [0.05, 0.1) is 18.5 Å². The Hall–Kier alpha value is -2.05. The van der Waals surface area contributed by atoms with E-state index in [4.69, 9.17) is 14.1 Å². The first kappa shape index (κ1) is 16.4. The second-order valence-corrected chi connectivity index (χ2v) is 7.05. The Labute approximate surface area is 155 Å². The number of hydrogen-bond acceptors (Lipinski definition) is 4. The molecule has 1 aliphatic heterocycles. The fourth-order valence-electron chi connectivity index (χ4n) is 3.41. The van der Waals surface area contributed by atoms with Crippen molar-refractivity contribution in [2.24, 2.45) is 7.05 Å². The average Bonchev–Trinajstić information content (AvgIpc) is 3.19. The Kier molecular flexibility index (Phi) is 4.39. The van der Waals surface area contributed by atoms with Crippen LogP contribution in [0.4, 0.5) is 0 Å². The van der Waals surface area contributed by atoms with Gasteiger partial charge in [0.1, 0.15) is 5.75 Å². The number of rotatable bonds is 4. The molecule has 0 N–H and O–H groups in total. The van der Waals surface area contributed by atoms with Gasteiger partial charge in [0, 0.05) is 38.7 Å². The van der Waals surface area contributed by atoms with Gasteiger partial charge in [-0.05, 0) is 34.1 Å². The van der Waals surface area contributed by atoms with Gasteiger partial charge < -0.3 is 13.7 Å². The lowest BCUT2D eigenvalue weighted by molar-refractivity contribution is 0.234. The maximum absolute atomic E-state index is 5.68. The molecule has 6 heteroatoms. The van der Waals surface area contributed by atoms with Crippen LogP contribution in [-0.2, 0) is 26.6 Å². The summed E-state index contributed by atoms with van der Waals surface area (Å²) in [7, 11) is 3.78. The van der Waals surface area contributed by atoms with E-state index in [1.54, 1.807) is 7.11 Å². The first-order valence-corrected chi connectivity index (χ1v) is 9.09. The number of hydrogen-bond donors (Lipinski definition) is 0. The summed E-state index contributed by atoms with van der Waals surface area (Å²) in [6, 6.07) is 12.1. The van der Waals surface area contributed by atoms with Gasteiger partial charge in [0.25, 0.3) is 0 Å². The molecule has 2 aromatic heterocycles. The number of methoxy groups -OCH3 is 1. The van der Waals surface area contributed by atoms with Crippen LogP contribution in [0.25, 0.3) is 11.6 Å². The van der Waals surface area contributed by atoms with Gasteiger partial charge in [-0.1, -0.05) is 18.2 Å².